The van der Waals surface area contributed by atoms with Gasteiger partial charge in [0, 0.05) is 0 Å². The second-order valence-corrected chi connectivity index (χ2v) is 5.11. The molecule has 19 heavy (non-hydrogen) atoms. The molecule has 4 N–H and O–H groups in total. The minimum absolute atomic E-state index is 0.328. The largest absolute Gasteiger partial charge is 0.481 e. The van der Waals surface area contributed by atoms with Gasteiger partial charge in [-0.15, -0.1) is 11.3 Å². The number of carbonyl (C=O) groups excluding carboxylic acids is 1. The molecule has 1 amide bonds. The molecule has 0 aliphatic heterocycles. The highest BCUT2D eigenvalue weighted by atomic mass is 35.5. The summed E-state index contributed by atoms with van der Waals surface area (Å²) in [4.78, 5) is 26.4. The lowest BCUT2D eigenvalue weighted by molar-refractivity contribution is -0.138. The molecule has 0 saturated heterocycles. The predicted molar refractivity (Wildman–Crippen MR) is 73.5 cm³/mol. The number of hydrogen-bond donors (Lipinski definition) is 3. The van der Waals surface area contributed by atoms with Crippen molar-refractivity contribution in [1.82, 2.24) is 4.98 Å². The molecule has 0 fully saturated rings. The van der Waals surface area contributed by atoms with Crippen LogP contribution < -0.4 is 11.1 Å². The number of amides is 1. The fourth-order valence-electron chi connectivity index (χ4n) is 1.52. The van der Waals surface area contributed by atoms with Crippen LogP contribution >= 0.6 is 22.9 Å². The number of thiazole rings is 1. The number of anilines is 1. The summed E-state index contributed by atoms with van der Waals surface area (Å²) in [5.74, 6) is -1.74. The van der Waals surface area contributed by atoms with Crippen LogP contribution in [-0.4, -0.2) is 28.0 Å². The third-order valence-electron chi connectivity index (χ3n) is 2.43. The minimum atomic E-state index is -1.14. The molecule has 100 valence electrons. The van der Waals surface area contributed by atoms with Crippen molar-refractivity contribution in [2.75, 3.05) is 5.32 Å². The topological polar surface area (TPSA) is 105 Å². The highest BCUT2D eigenvalue weighted by Crippen LogP contribution is 2.32. The molecule has 0 aliphatic carbocycles. The number of nitrogens with zero attached hydrogens (tertiary/aromatic N) is 1. The molecular formula is C11H10ClN3O3S. The van der Waals surface area contributed by atoms with Gasteiger partial charge < -0.3 is 16.2 Å². The standard InChI is InChI=1S/C11H10ClN3O3S/c12-5-1-2-7-10(14-4-19-7)9(5)15-11(18)6(13)3-8(16)17/h1-2,4,6H,3,13H2,(H,15,18)(H,16,17). The van der Waals surface area contributed by atoms with Crippen LogP contribution in [0.25, 0.3) is 10.2 Å². The minimum Gasteiger partial charge on any atom is -0.481 e. The number of nitrogens with two attached hydrogens (primary N) is 1. The zero-order valence-electron chi connectivity index (χ0n) is 9.59. The molecule has 1 unspecified atom stereocenters. The van der Waals surface area contributed by atoms with Crippen LogP contribution in [0.1, 0.15) is 6.42 Å². The fraction of sp³-hybridized carbons (Fsp3) is 0.182. The fourth-order valence-corrected chi connectivity index (χ4v) is 2.41. The number of nitrogens with one attached hydrogen (secondary N) is 1. The van der Waals surface area contributed by atoms with E-state index >= 15 is 0 Å². The molecule has 2 aromatic rings. The van der Waals surface area contributed by atoms with Crippen molar-refractivity contribution in [2.45, 2.75) is 12.5 Å². The molecule has 0 aliphatic rings. The van der Waals surface area contributed by atoms with Gasteiger partial charge in [-0.05, 0) is 12.1 Å². The first-order valence-electron chi connectivity index (χ1n) is 5.29. The van der Waals surface area contributed by atoms with Crippen molar-refractivity contribution in [3.05, 3.63) is 22.7 Å². The summed E-state index contributed by atoms with van der Waals surface area (Å²) in [6, 6.07) is 2.30. The Balaban J connectivity index is 2.25. The summed E-state index contributed by atoms with van der Waals surface area (Å²) in [5.41, 5.74) is 8.03. The van der Waals surface area contributed by atoms with E-state index in [-0.39, 0.29) is 0 Å². The maximum Gasteiger partial charge on any atom is 0.305 e. The Kier molecular flexibility index (Phi) is 3.98. The highest BCUT2D eigenvalue weighted by Gasteiger charge is 2.19. The van der Waals surface area contributed by atoms with Crippen LogP contribution in [0.2, 0.25) is 5.02 Å². The number of halogens is 1. The van der Waals surface area contributed by atoms with E-state index in [1.54, 1.807) is 17.6 Å². The Hall–Kier alpha value is -1.70. The summed E-state index contributed by atoms with van der Waals surface area (Å²) >= 11 is 7.42. The molecular weight excluding hydrogens is 290 g/mol. The lowest BCUT2D eigenvalue weighted by Crippen LogP contribution is -2.37. The number of rotatable bonds is 4. The van der Waals surface area contributed by atoms with Crippen molar-refractivity contribution in [3.8, 4) is 0 Å². The summed E-state index contributed by atoms with van der Waals surface area (Å²) in [6.45, 7) is 0. The van der Waals surface area contributed by atoms with Gasteiger partial charge in [-0.3, -0.25) is 9.59 Å². The first-order valence-corrected chi connectivity index (χ1v) is 6.54. The second-order valence-electron chi connectivity index (χ2n) is 3.82. The number of carboxylic acids is 1. The van der Waals surface area contributed by atoms with E-state index in [0.717, 1.165) is 4.70 Å². The molecule has 0 saturated carbocycles. The molecule has 8 heteroatoms. The van der Waals surface area contributed by atoms with Crippen molar-refractivity contribution in [1.29, 1.82) is 0 Å². The Morgan fingerprint density at radius 1 is 1.53 bits per heavy atom. The van der Waals surface area contributed by atoms with Gasteiger partial charge in [0.1, 0.15) is 5.52 Å². The number of benzene rings is 1. The first kappa shape index (κ1) is 13.7. The van der Waals surface area contributed by atoms with Gasteiger partial charge >= 0.3 is 5.97 Å². The van der Waals surface area contributed by atoms with Gasteiger partial charge in [0.05, 0.1) is 33.4 Å². The Morgan fingerprint density at radius 2 is 2.26 bits per heavy atom. The molecule has 1 atom stereocenters. The number of carbonyl (C=O) groups is 2. The zero-order valence-corrected chi connectivity index (χ0v) is 11.2. The Bertz CT molecular complexity index is 643. The summed E-state index contributed by atoms with van der Waals surface area (Å²) < 4.78 is 0.867. The summed E-state index contributed by atoms with van der Waals surface area (Å²) in [5, 5.41) is 11.5. The van der Waals surface area contributed by atoms with Gasteiger partial charge in [0.2, 0.25) is 5.91 Å². The monoisotopic (exact) mass is 299 g/mol. The summed E-state index contributed by atoms with van der Waals surface area (Å²) in [6.07, 6.45) is -0.448. The zero-order chi connectivity index (χ0) is 14.0. The molecule has 1 aromatic carbocycles. The van der Waals surface area contributed by atoms with E-state index in [1.165, 1.54) is 11.3 Å². The average Bonchev–Trinajstić information content (AvgIpc) is 2.80. The van der Waals surface area contributed by atoms with Gasteiger partial charge in [-0.1, -0.05) is 11.6 Å². The number of aromatic nitrogens is 1. The smallest absolute Gasteiger partial charge is 0.305 e. The Labute approximate surface area is 117 Å². The van der Waals surface area contributed by atoms with Crippen LogP contribution in [0.15, 0.2) is 17.6 Å². The molecule has 0 bridgehead atoms. The molecule has 0 spiro atoms. The van der Waals surface area contributed by atoms with Crippen LogP contribution in [0.5, 0.6) is 0 Å². The number of fused-ring (bicyclic) bond motifs is 1. The maximum atomic E-state index is 11.8. The number of hydrogen-bond acceptors (Lipinski definition) is 5. The van der Waals surface area contributed by atoms with Gasteiger partial charge in [-0.2, -0.15) is 0 Å². The van der Waals surface area contributed by atoms with Crippen LogP contribution in [0.4, 0.5) is 5.69 Å². The molecule has 1 aromatic heterocycles. The normalized spacial score (nSPS) is 12.3. The highest BCUT2D eigenvalue weighted by molar-refractivity contribution is 7.16. The second kappa shape index (κ2) is 5.52. The molecule has 6 nitrogen and oxygen atoms in total. The third-order valence-corrected chi connectivity index (χ3v) is 3.54. The first-order chi connectivity index (χ1) is 8.99. The van der Waals surface area contributed by atoms with Gasteiger partial charge in [0.25, 0.3) is 0 Å². The van der Waals surface area contributed by atoms with Crippen molar-refractivity contribution in [3.63, 3.8) is 0 Å². The predicted octanol–water partition coefficient (Wildman–Crippen LogP) is 1.69. The quantitative estimate of drug-likeness (QED) is 0.796. The Morgan fingerprint density at radius 3 is 2.95 bits per heavy atom. The lowest BCUT2D eigenvalue weighted by Gasteiger charge is -2.11. The number of carboxylic acid groups (broad SMARTS) is 1. The van der Waals surface area contributed by atoms with E-state index in [9.17, 15) is 9.59 Å². The van der Waals surface area contributed by atoms with Crippen LogP contribution in [0, 0.1) is 0 Å². The molecule has 1 heterocycles. The van der Waals surface area contributed by atoms with Gasteiger partial charge in [-0.25, -0.2) is 4.98 Å². The molecule has 0 radical (unpaired) electrons. The van der Waals surface area contributed by atoms with Gasteiger partial charge in [0.15, 0.2) is 0 Å². The van der Waals surface area contributed by atoms with E-state index in [4.69, 9.17) is 22.4 Å². The van der Waals surface area contributed by atoms with Crippen molar-refractivity contribution >= 4 is 50.7 Å². The summed E-state index contributed by atoms with van der Waals surface area (Å²) in [7, 11) is 0. The van der Waals surface area contributed by atoms with Crippen LogP contribution in [0.3, 0.4) is 0 Å². The van der Waals surface area contributed by atoms with E-state index in [2.05, 4.69) is 10.3 Å². The van der Waals surface area contributed by atoms with E-state index in [1.807, 2.05) is 0 Å². The lowest BCUT2D eigenvalue weighted by atomic mass is 10.2. The van der Waals surface area contributed by atoms with Crippen LogP contribution in [-0.2, 0) is 9.59 Å². The average molecular weight is 300 g/mol. The SMILES string of the molecule is NC(CC(=O)O)C(=O)Nc1c(Cl)ccc2scnc12. The van der Waals surface area contributed by atoms with Crippen molar-refractivity contribution in [2.24, 2.45) is 5.73 Å². The maximum absolute atomic E-state index is 11.8. The van der Waals surface area contributed by atoms with E-state index < -0.39 is 24.3 Å². The van der Waals surface area contributed by atoms with E-state index in [0.29, 0.717) is 16.2 Å². The number of aliphatic carboxylic acids is 1. The molecule has 2 rings (SSSR count). The third kappa shape index (κ3) is 3.01. The van der Waals surface area contributed by atoms with Crippen molar-refractivity contribution < 1.29 is 14.7 Å².